The molecule has 0 radical (unpaired) electrons. The van der Waals surface area contributed by atoms with E-state index >= 15 is 0 Å². The summed E-state index contributed by atoms with van der Waals surface area (Å²) in [5.41, 5.74) is 8.86. The van der Waals surface area contributed by atoms with Crippen LogP contribution >= 0.6 is 0 Å². The summed E-state index contributed by atoms with van der Waals surface area (Å²) in [5, 5.41) is 5.17. The number of anilines is 2. The number of benzene rings is 5. The number of fused-ring (bicyclic) bond motifs is 7. The monoisotopic (exact) mass is 502 g/mol. The zero-order valence-corrected chi connectivity index (χ0v) is 22.2. The van der Waals surface area contributed by atoms with Crippen LogP contribution in [0.15, 0.2) is 127 Å². The number of nitrogens with one attached hydrogen (secondary N) is 1. The molecule has 1 aliphatic heterocycles. The van der Waals surface area contributed by atoms with Crippen molar-refractivity contribution >= 4 is 49.5 Å². The number of aromatic amines is 1. The van der Waals surface area contributed by atoms with Gasteiger partial charge in [0.2, 0.25) is 0 Å². The lowest BCUT2D eigenvalue weighted by Gasteiger charge is -2.51. The highest BCUT2D eigenvalue weighted by Crippen LogP contribution is 2.51. The lowest BCUT2D eigenvalue weighted by molar-refractivity contribution is 0.333. The van der Waals surface area contributed by atoms with E-state index in [1.807, 2.05) is 0 Å². The number of allylic oxidation sites excluding steroid dienone is 2. The molecule has 0 amide bonds. The molecule has 2 atom stereocenters. The van der Waals surface area contributed by atoms with Crippen molar-refractivity contribution in [3.8, 4) is 0 Å². The van der Waals surface area contributed by atoms with Crippen LogP contribution in [0.3, 0.4) is 0 Å². The lowest BCUT2D eigenvalue weighted by Crippen LogP contribution is -2.50. The van der Waals surface area contributed by atoms with E-state index in [1.54, 1.807) is 0 Å². The molecular weight excluding hydrogens is 472 g/mol. The molecule has 8 rings (SSSR count). The minimum absolute atomic E-state index is 0.0211. The van der Waals surface area contributed by atoms with E-state index in [-0.39, 0.29) is 11.5 Å². The molecule has 2 unspecified atom stereocenters. The number of para-hydroxylation sites is 2. The van der Waals surface area contributed by atoms with Crippen molar-refractivity contribution in [3.05, 3.63) is 139 Å². The van der Waals surface area contributed by atoms with Crippen molar-refractivity contribution < 1.29 is 0 Å². The summed E-state index contributed by atoms with van der Waals surface area (Å²) in [7, 11) is 0. The molecule has 2 aliphatic rings. The Balaban J connectivity index is 1.29. The number of hydrogen-bond acceptors (Lipinski definition) is 1. The van der Waals surface area contributed by atoms with Crippen LogP contribution in [0.4, 0.5) is 11.4 Å². The minimum Gasteiger partial charge on any atom is -0.354 e. The van der Waals surface area contributed by atoms with E-state index in [9.17, 15) is 0 Å². The van der Waals surface area contributed by atoms with Crippen LogP contribution in [-0.2, 0) is 5.41 Å². The second kappa shape index (κ2) is 8.22. The zero-order chi connectivity index (χ0) is 26.1. The Morgan fingerprint density at radius 3 is 2.41 bits per heavy atom. The Labute approximate surface area is 228 Å². The van der Waals surface area contributed by atoms with Crippen molar-refractivity contribution in [2.45, 2.75) is 25.3 Å². The average Bonchev–Trinajstić information content (AvgIpc) is 3.36. The third kappa shape index (κ3) is 3.28. The normalized spacial score (nSPS) is 19.7. The molecule has 2 heteroatoms. The molecular formula is C37H30N2. The first-order chi connectivity index (χ1) is 19.1. The number of nitrogens with zero attached hydrogens (tertiary/aromatic N) is 1. The Morgan fingerprint density at radius 1 is 0.718 bits per heavy atom. The summed E-state index contributed by atoms with van der Waals surface area (Å²) >= 11 is 0. The van der Waals surface area contributed by atoms with Gasteiger partial charge in [-0.15, -0.1) is 0 Å². The highest BCUT2D eigenvalue weighted by atomic mass is 15.2. The number of H-pyrrole nitrogens is 1. The Kier molecular flexibility index (Phi) is 4.73. The number of aromatic nitrogens is 1. The lowest BCUT2D eigenvalue weighted by atomic mass is 9.64. The van der Waals surface area contributed by atoms with E-state index in [0.717, 1.165) is 0 Å². The van der Waals surface area contributed by atoms with E-state index in [1.165, 1.54) is 60.7 Å². The molecule has 39 heavy (non-hydrogen) atoms. The van der Waals surface area contributed by atoms with Gasteiger partial charge in [0.05, 0.1) is 6.04 Å². The third-order valence-corrected chi connectivity index (χ3v) is 9.05. The first-order valence-corrected chi connectivity index (χ1v) is 13.9. The van der Waals surface area contributed by atoms with Crippen LogP contribution in [0.25, 0.3) is 38.2 Å². The predicted molar refractivity (Wildman–Crippen MR) is 166 cm³/mol. The third-order valence-electron chi connectivity index (χ3n) is 9.05. The zero-order valence-electron chi connectivity index (χ0n) is 22.2. The summed E-state index contributed by atoms with van der Waals surface area (Å²) in [6, 6.07) is 40.0. The van der Waals surface area contributed by atoms with Gasteiger partial charge in [0.15, 0.2) is 0 Å². The highest BCUT2D eigenvalue weighted by molar-refractivity contribution is 6.20. The van der Waals surface area contributed by atoms with Gasteiger partial charge in [-0.2, -0.15) is 0 Å². The quantitative estimate of drug-likeness (QED) is 0.250. The van der Waals surface area contributed by atoms with Gasteiger partial charge in [-0.1, -0.05) is 111 Å². The maximum absolute atomic E-state index is 3.70. The van der Waals surface area contributed by atoms with Gasteiger partial charge in [-0.05, 0) is 57.8 Å². The summed E-state index contributed by atoms with van der Waals surface area (Å²) < 4.78 is 0. The van der Waals surface area contributed by atoms with Crippen molar-refractivity contribution in [3.63, 3.8) is 0 Å². The molecule has 1 N–H and O–H groups in total. The maximum Gasteiger partial charge on any atom is 0.0602 e. The van der Waals surface area contributed by atoms with Gasteiger partial charge in [0.1, 0.15) is 0 Å². The molecule has 1 aliphatic carbocycles. The summed E-state index contributed by atoms with van der Waals surface area (Å²) in [4.78, 5) is 6.25. The average molecular weight is 503 g/mol. The van der Waals surface area contributed by atoms with E-state index in [4.69, 9.17) is 0 Å². The van der Waals surface area contributed by atoms with Crippen molar-refractivity contribution in [2.75, 3.05) is 4.90 Å². The van der Waals surface area contributed by atoms with Crippen molar-refractivity contribution in [1.29, 1.82) is 0 Å². The van der Waals surface area contributed by atoms with Gasteiger partial charge in [-0.25, -0.2) is 0 Å². The van der Waals surface area contributed by atoms with Gasteiger partial charge in [0, 0.05) is 44.5 Å². The Morgan fingerprint density at radius 2 is 1.51 bits per heavy atom. The predicted octanol–water partition coefficient (Wildman–Crippen LogP) is 9.54. The largest absolute Gasteiger partial charge is 0.354 e. The van der Waals surface area contributed by atoms with Crippen LogP contribution < -0.4 is 4.90 Å². The molecule has 0 saturated carbocycles. The first kappa shape index (κ1) is 22.4. The molecule has 6 aromatic rings. The molecule has 5 aromatic carbocycles. The van der Waals surface area contributed by atoms with Crippen molar-refractivity contribution in [2.24, 2.45) is 5.92 Å². The fourth-order valence-electron chi connectivity index (χ4n) is 7.08. The second-order valence-electron chi connectivity index (χ2n) is 11.5. The van der Waals surface area contributed by atoms with Gasteiger partial charge in [-0.3, -0.25) is 0 Å². The minimum atomic E-state index is 0.0211. The topological polar surface area (TPSA) is 19.0 Å². The van der Waals surface area contributed by atoms with Gasteiger partial charge >= 0.3 is 0 Å². The van der Waals surface area contributed by atoms with Crippen molar-refractivity contribution in [1.82, 2.24) is 4.98 Å². The molecule has 0 bridgehead atoms. The maximum atomic E-state index is 3.70. The molecule has 2 heterocycles. The Bertz CT molecular complexity index is 1950. The molecule has 0 saturated heterocycles. The molecule has 188 valence electrons. The van der Waals surface area contributed by atoms with Crippen LogP contribution in [-0.4, -0.2) is 11.0 Å². The van der Waals surface area contributed by atoms with Crippen LogP contribution in [0.1, 0.15) is 25.0 Å². The van der Waals surface area contributed by atoms with Crippen LogP contribution in [0.2, 0.25) is 0 Å². The van der Waals surface area contributed by atoms with Crippen LogP contribution in [0.5, 0.6) is 0 Å². The summed E-state index contributed by atoms with van der Waals surface area (Å²) in [6.07, 6.45) is 7.29. The van der Waals surface area contributed by atoms with E-state index in [0.29, 0.717) is 5.92 Å². The highest BCUT2D eigenvalue weighted by Gasteiger charge is 2.45. The molecule has 1 aromatic heterocycles. The molecule has 0 spiro atoms. The van der Waals surface area contributed by atoms with Crippen LogP contribution in [0, 0.1) is 5.92 Å². The standard InChI is InChI=1S/C37H30N2/c1-37(2)30-14-8-9-15-34(30)39(27-11-4-3-5-12-27)35-23-26(17-20-31(35)37)25-16-19-29-33(22-25)38-32-21-18-24-10-6-7-13-28(24)36(29)32/h3-23,31,35,38H,1-2H3. The fraction of sp³-hybridized carbons (Fsp3) is 0.135. The number of rotatable bonds is 2. The molecule has 2 nitrogen and oxygen atoms in total. The first-order valence-electron chi connectivity index (χ1n) is 13.9. The fourth-order valence-corrected chi connectivity index (χ4v) is 7.08. The van der Waals surface area contributed by atoms with Gasteiger partial charge in [0.25, 0.3) is 0 Å². The van der Waals surface area contributed by atoms with E-state index < -0.39 is 0 Å². The number of hydrogen-bond donors (Lipinski definition) is 1. The summed E-state index contributed by atoms with van der Waals surface area (Å²) in [5.74, 6) is 0.361. The van der Waals surface area contributed by atoms with E-state index in [2.05, 4.69) is 151 Å². The molecule has 0 fully saturated rings. The Hall–Kier alpha value is -4.56. The van der Waals surface area contributed by atoms with Gasteiger partial charge < -0.3 is 9.88 Å². The smallest absolute Gasteiger partial charge is 0.0602 e. The summed E-state index contributed by atoms with van der Waals surface area (Å²) in [6.45, 7) is 4.80. The second-order valence-corrected chi connectivity index (χ2v) is 11.5. The SMILES string of the molecule is CC1(C)c2ccccc2N(c2ccccc2)C2C=C(c3ccc4c(c3)[nH]c3ccc5ccccc5c34)C=CC21.